The molecule has 1 saturated heterocycles. The van der Waals surface area contributed by atoms with E-state index in [0.717, 1.165) is 11.3 Å². The number of hydrogen-bond acceptors (Lipinski definition) is 3. The fraction of sp³-hybridized carbons (Fsp3) is 0.364. The summed E-state index contributed by atoms with van der Waals surface area (Å²) in [6, 6.07) is 7.54. The zero-order valence-electron chi connectivity index (χ0n) is 8.27. The van der Waals surface area contributed by atoms with Crippen LogP contribution in [0.2, 0.25) is 5.02 Å². The van der Waals surface area contributed by atoms with Crippen molar-refractivity contribution in [3.63, 3.8) is 0 Å². The lowest BCUT2D eigenvalue weighted by atomic mass is 10.3. The standard InChI is InChI=1S/C11H11ClO2S/c1-7-6-10(11(13)14-7)15-9-5-3-2-4-8(9)12/h2-5,7,10H,6H2,1H3/t7-,10+/m1/s1. The molecule has 0 bridgehead atoms. The van der Waals surface area contributed by atoms with Gasteiger partial charge in [0.15, 0.2) is 0 Å². The van der Waals surface area contributed by atoms with Gasteiger partial charge in [-0.15, -0.1) is 11.8 Å². The van der Waals surface area contributed by atoms with Crippen molar-refractivity contribution in [1.82, 2.24) is 0 Å². The molecule has 0 radical (unpaired) electrons. The van der Waals surface area contributed by atoms with E-state index in [9.17, 15) is 4.79 Å². The first-order chi connectivity index (χ1) is 7.16. The zero-order valence-corrected chi connectivity index (χ0v) is 9.85. The van der Waals surface area contributed by atoms with Crippen molar-refractivity contribution in [2.45, 2.75) is 29.6 Å². The molecule has 15 heavy (non-hydrogen) atoms. The minimum Gasteiger partial charge on any atom is -0.462 e. The highest BCUT2D eigenvalue weighted by atomic mass is 35.5. The van der Waals surface area contributed by atoms with Crippen molar-refractivity contribution < 1.29 is 9.53 Å². The van der Waals surface area contributed by atoms with E-state index in [-0.39, 0.29) is 17.3 Å². The highest BCUT2D eigenvalue weighted by molar-refractivity contribution is 8.00. The van der Waals surface area contributed by atoms with E-state index in [1.54, 1.807) is 0 Å². The number of thioether (sulfide) groups is 1. The van der Waals surface area contributed by atoms with E-state index < -0.39 is 0 Å². The molecule has 0 saturated carbocycles. The minimum absolute atomic E-state index is 0.0255. The topological polar surface area (TPSA) is 26.3 Å². The first-order valence-corrected chi connectivity index (χ1v) is 6.04. The van der Waals surface area contributed by atoms with E-state index in [1.807, 2.05) is 31.2 Å². The minimum atomic E-state index is -0.132. The van der Waals surface area contributed by atoms with Gasteiger partial charge in [-0.05, 0) is 19.1 Å². The molecule has 1 aromatic carbocycles. The third-order valence-electron chi connectivity index (χ3n) is 2.23. The van der Waals surface area contributed by atoms with Gasteiger partial charge in [0, 0.05) is 11.3 Å². The van der Waals surface area contributed by atoms with Crippen LogP contribution in [0.5, 0.6) is 0 Å². The Kier molecular flexibility index (Phi) is 3.22. The van der Waals surface area contributed by atoms with Crippen molar-refractivity contribution in [1.29, 1.82) is 0 Å². The van der Waals surface area contributed by atoms with Crippen molar-refractivity contribution in [2.24, 2.45) is 0 Å². The molecule has 2 atom stereocenters. The molecule has 4 heteroatoms. The van der Waals surface area contributed by atoms with Crippen LogP contribution < -0.4 is 0 Å². The van der Waals surface area contributed by atoms with Crippen LogP contribution in [-0.4, -0.2) is 17.3 Å². The molecule has 0 aliphatic carbocycles. The van der Waals surface area contributed by atoms with Crippen LogP contribution >= 0.6 is 23.4 Å². The summed E-state index contributed by atoms with van der Waals surface area (Å²) in [5.74, 6) is -0.132. The largest absolute Gasteiger partial charge is 0.462 e. The van der Waals surface area contributed by atoms with E-state index in [4.69, 9.17) is 16.3 Å². The Balaban J connectivity index is 2.09. The summed E-state index contributed by atoms with van der Waals surface area (Å²) in [6.07, 6.45) is 0.784. The van der Waals surface area contributed by atoms with Crippen LogP contribution in [0.1, 0.15) is 13.3 Å². The number of cyclic esters (lactones) is 1. The summed E-state index contributed by atoms with van der Waals surface area (Å²) >= 11 is 7.50. The Bertz CT molecular complexity index is 381. The highest BCUT2D eigenvalue weighted by Crippen LogP contribution is 2.35. The molecule has 1 aliphatic rings. The molecule has 1 aromatic rings. The summed E-state index contributed by atoms with van der Waals surface area (Å²) in [6.45, 7) is 1.91. The number of rotatable bonds is 2. The van der Waals surface area contributed by atoms with E-state index in [0.29, 0.717) is 5.02 Å². The molecule has 2 rings (SSSR count). The number of halogens is 1. The van der Waals surface area contributed by atoms with Crippen molar-refractivity contribution in [2.75, 3.05) is 0 Å². The van der Waals surface area contributed by atoms with Gasteiger partial charge in [-0.1, -0.05) is 23.7 Å². The average Bonchev–Trinajstić information content (AvgIpc) is 2.49. The first-order valence-electron chi connectivity index (χ1n) is 4.78. The van der Waals surface area contributed by atoms with Crippen LogP contribution in [-0.2, 0) is 9.53 Å². The van der Waals surface area contributed by atoms with Crippen LogP contribution in [0.3, 0.4) is 0 Å². The SMILES string of the molecule is C[C@@H]1C[C@H](Sc2ccccc2Cl)C(=O)O1. The second kappa shape index (κ2) is 4.45. The number of ether oxygens (including phenoxy) is 1. The van der Waals surface area contributed by atoms with Gasteiger partial charge >= 0.3 is 5.97 Å². The Labute approximate surface area is 98.0 Å². The van der Waals surface area contributed by atoms with Crippen LogP contribution in [0.25, 0.3) is 0 Å². The third kappa shape index (κ3) is 2.47. The maximum atomic E-state index is 11.4. The van der Waals surface area contributed by atoms with E-state index in [1.165, 1.54) is 11.8 Å². The number of carbonyl (C=O) groups is 1. The smallest absolute Gasteiger partial charge is 0.319 e. The lowest BCUT2D eigenvalue weighted by molar-refractivity contribution is -0.140. The second-order valence-corrected chi connectivity index (χ2v) is 5.17. The molecular formula is C11H11ClO2S. The number of esters is 1. The molecule has 0 amide bonds. The van der Waals surface area contributed by atoms with E-state index in [2.05, 4.69) is 0 Å². The molecule has 0 spiro atoms. The van der Waals surface area contributed by atoms with Gasteiger partial charge in [0.1, 0.15) is 11.4 Å². The predicted molar refractivity (Wildman–Crippen MR) is 61.3 cm³/mol. The van der Waals surface area contributed by atoms with Gasteiger partial charge in [-0.25, -0.2) is 0 Å². The molecule has 80 valence electrons. The Hall–Kier alpha value is -0.670. The summed E-state index contributed by atoms with van der Waals surface area (Å²) in [4.78, 5) is 12.4. The van der Waals surface area contributed by atoms with Gasteiger partial charge in [0.05, 0.1) is 5.02 Å². The fourth-order valence-corrected chi connectivity index (χ4v) is 2.94. The van der Waals surface area contributed by atoms with Gasteiger partial charge in [-0.3, -0.25) is 4.79 Å². The zero-order chi connectivity index (χ0) is 10.8. The molecule has 2 nitrogen and oxygen atoms in total. The Morgan fingerprint density at radius 2 is 2.20 bits per heavy atom. The number of carbonyl (C=O) groups excluding carboxylic acids is 1. The number of hydrogen-bond donors (Lipinski definition) is 0. The van der Waals surface area contributed by atoms with Crippen molar-refractivity contribution >= 4 is 29.3 Å². The third-order valence-corrected chi connectivity index (χ3v) is 3.95. The maximum Gasteiger partial charge on any atom is 0.319 e. The molecule has 0 N–H and O–H groups in total. The van der Waals surface area contributed by atoms with Crippen molar-refractivity contribution in [3.8, 4) is 0 Å². The summed E-state index contributed by atoms with van der Waals surface area (Å²) in [7, 11) is 0. The van der Waals surface area contributed by atoms with Gasteiger partial charge in [-0.2, -0.15) is 0 Å². The van der Waals surface area contributed by atoms with E-state index >= 15 is 0 Å². The van der Waals surface area contributed by atoms with Gasteiger partial charge in [0.2, 0.25) is 0 Å². The van der Waals surface area contributed by atoms with Crippen LogP contribution in [0.15, 0.2) is 29.2 Å². The Morgan fingerprint density at radius 1 is 1.47 bits per heavy atom. The maximum absolute atomic E-state index is 11.4. The molecule has 0 unspecified atom stereocenters. The molecule has 1 aliphatic heterocycles. The molecule has 1 heterocycles. The summed E-state index contributed by atoms with van der Waals surface area (Å²) in [5, 5.41) is 0.578. The quantitative estimate of drug-likeness (QED) is 0.746. The van der Waals surface area contributed by atoms with Gasteiger partial charge < -0.3 is 4.74 Å². The number of benzene rings is 1. The normalized spacial score (nSPS) is 25.3. The molecule has 1 fully saturated rings. The van der Waals surface area contributed by atoms with Crippen LogP contribution in [0, 0.1) is 0 Å². The predicted octanol–water partition coefficient (Wildman–Crippen LogP) is 3.14. The summed E-state index contributed by atoms with van der Waals surface area (Å²) in [5.41, 5.74) is 0. The fourth-order valence-electron chi connectivity index (χ4n) is 1.51. The molecule has 0 aromatic heterocycles. The second-order valence-electron chi connectivity index (χ2n) is 3.52. The molecular weight excluding hydrogens is 232 g/mol. The highest BCUT2D eigenvalue weighted by Gasteiger charge is 2.32. The monoisotopic (exact) mass is 242 g/mol. The first kappa shape index (κ1) is 10.8. The summed E-state index contributed by atoms with van der Waals surface area (Å²) < 4.78 is 5.08. The Morgan fingerprint density at radius 3 is 2.80 bits per heavy atom. The average molecular weight is 243 g/mol. The van der Waals surface area contributed by atoms with Gasteiger partial charge in [0.25, 0.3) is 0 Å². The lowest BCUT2D eigenvalue weighted by Crippen LogP contribution is -2.09. The lowest BCUT2D eigenvalue weighted by Gasteiger charge is -2.06. The van der Waals surface area contributed by atoms with Crippen LogP contribution in [0.4, 0.5) is 0 Å². The van der Waals surface area contributed by atoms with Crippen molar-refractivity contribution in [3.05, 3.63) is 29.3 Å².